The fraction of sp³-hybridized carbons (Fsp3) is 0.200. The first kappa shape index (κ1) is 24.7. The van der Waals surface area contributed by atoms with Crippen LogP contribution >= 0.6 is 7.14 Å². The standard InChI is InChI=1S/C25H21F4N2O3P/c1-13-6-4-5-7-17(13)22-20-18(8-9-19(35(2,3)34)21(20)24(33)31-22)30-23(32)14-10-15(25(27,28)29)12-16(26)11-14/h4-12,22H,1-3H3,(H,30,32)(H,31,33). The normalized spacial score (nSPS) is 15.5. The Bertz CT molecular complexity index is 1410. The fourth-order valence-electron chi connectivity index (χ4n) is 4.20. The predicted molar refractivity (Wildman–Crippen MR) is 125 cm³/mol. The molecule has 0 spiro atoms. The molecule has 3 aromatic carbocycles. The molecule has 0 aliphatic carbocycles. The average Bonchev–Trinajstić information content (AvgIpc) is 3.10. The average molecular weight is 504 g/mol. The molecule has 1 atom stereocenters. The van der Waals surface area contributed by atoms with Crippen molar-refractivity contribution in [3.05, 3.63) is 93.8 Å². The van der Waals surface area contributed by atoms with Crippen molar-refractivity contribution in [1.29, 1.82) is 0 Å². The molecule has 0 saturated carbocycles. The number of hydrogen-bond donors (Lipinski definition) is 2. The first-order chi connectivity index (χ1) is 16.3. The molecule has 2 amide bonds. The van der Waals surface area contributed by atoms with E-state index < -0.39 is 48.1 Å². The lowest BCUT2D eigenvalue weighted by Gasteiger charge is -2.20. The molecule has 0 saturated heterocycles. The molecule has 2 N–H and O–H groups in total. The molecule has 5 nitrogen and oxygen atoms in total. The van der Waals surface area contributed by atoms with Gasteiger partial charge in [0.25, 0.3) is 11.8 Å². The lowest BCUT2D eigenvalue weighted by atomic mass is 9.93. The van der Waals surface area contributed by atoms with Gasteiger partial charge in [0.05, 0.1) is 17.2 Å². The molecule has 1 heterocycles. The molecule has 1 aliphatic rings. The van der Waals surface area contributed by atoms with E-state index >= 15 is 0 Å². The van der Waals surface area contributed by atoms with Crippen LogP contribution in [-0.4, -0.2) is 25.1 Å². The van der Waals surface area contributed by atoms with Gasteiger partial charge in [0, 0.05) is 22.1 Å². The second kappa shape index (κ2) is 8.64. The number of amides is 2. The van der Waals surface area contributed by atoms with Crippen molar-refractivity contribution >= 4 is 29.9 Å². The third kappa shape index (κ3) is 4.73. The van der Waals surface area contributed by atoms with Crippen LogP contribution in [0.4, 0.5) is 23.2 Å². The summed E-state index contributed by atoms with van der Waals surface area (Å²) in [4.78, 5) is 25.9. The van der Waals surface area contributed by atoms with Crippen molar-refractivity contribution in [3.63, 3.8) is 0 Å². The number of rotatable bonds is 4. The molecule has 1 aliphatic heterocycles. The molecule has 10 heteroatoms. The van der Waals surface area contributed by atoms with Crippen molar-refractivity contribution in [2.75, 3.05) is 18.6 Å². The van der Waals surface area contributed by atoms with E-state index in [1.54, 1.807) is 12.1 Å². The molecule has 3 aromatic rings. The van der Waals surface area contributed by atoms with Gasteiger partial charge >= 0.3 is 6.18 Å². The van der Waals surface area contributed by atoms with Gasteiger partial charge in [0.15, 0.2) is 0 Å². The smallest absolute Gasteiger partial charge is 0.341 e. The van der Waals surface area contributed by atoms with E-state index in [-0.39, 0.29) is 11.3 Å². The molecule has 0 bridgehead atoms. The maximum atomic E-state index is 13.9. The number of nitrogens with one attached hydrogen (secondary N) is 2. The fourth-order valence-corrected chi connectivity index (χ4v) is 5.40. The van der Waals surface area contributed by atoms with E-state index in [0.29, 0.717) is 29.1 Å². The maximum absolute atomic E-state index is 13.9. The summed E-state index contributed by atoms with van der Waals surface area (Å²) in [5.74, 6) is -2.67. The topological polar surface area (TPSA) is 75.3 Å². The third-order valence-corrected chi connectivity index (χ3v) is 7.36. The van der Waals surface area contributed by atoms with E-state index in [0.717, 1.165) is 11.1 Å². The number of carbonyl (C=O) groups excluding carboxylic acids is 2. The Hall–Kier alpha value is -3.45. The molecule has 1 unspecified atom stereocenters. The van der Waals surface area contributed by atoms with Crippen LogP contribution in [0.3, 0.4) is 0 Å². The summed E-state index contributed by atoms with van der Waals surface area (Å²) in [6, 6.07) is 11.0. The summed E-state index contributed by atoms with van der Waals surface area (Å²) in [7, 11) is -2.92. The number of halogens is 4. The Labute approximate surface area is 198 Å². The highest BCUT2D eigenvalue weighted by molar-refractivity contribution is 7.70. The van der Waals surface area contributed by atoms with Gasteiger partial charge in [0.2, 0.25) is 0 Å². The van der Waals surface area contributed by atoms with Gasteiger partial charge < -0.3 is 15.2 Å². The zero-order valence-electron chi connectivity index (χ0n) is 19.0. The Morgan fingerprint density at radius 3 is 2.37 bits per heavy atom. The van der Waals surface area contributed by atoms with Gasteiger partial charge in [-0.05, 0) is 61.7 Å². The molecular formula is C25H21F4N2O3P. The van der Waals surface area contributed by atoms with Crippen LogP contribution < -0.4 is 15.9 Å². The van der Waals surface area contributed by atoms with Gasteiger partial charge in [-0.3, -0.25) is 9.59 Å². The Balaban J connectivity index is 1.85. The first-order valence-corrected chi connectivity index (χ1v) is 13.2. The van der Waals surface area contributed by atoms with Crippen molar-refractivity contribution in [3.8, 4) is 0 Å². The van der Waals surface area contributed by atoms with Gasteiger partial charge in [-0.15, -0.1) is 0 Å². The molecule has 182 valence electrons. The van der Waals surface area contributed by atoms with E-state index in [2.05, 4.69) is 10.6 Å². The highest BCUT2D eigenvalue weighted by Crippen LogP contribution is 2.44. The number of alkyl halides is 3. The largest absolute Gasteiger partial charge is 0.416 e. The number of hydrogen-bond acceptors (Lipinski definition) is 3. The zero-order chi connectivity index (χ0) is 25.7. The van der Waals surface area contributed by atoms with Crippen LogP contribution in [-0.2, 0) is 10.7 Å². The van der Waals surface area contributed by atoms with E-state index in [9.17, 15) is 31.7 Å². The molecule has 0 fully saturated rings. The second-order valence-corrected chi connectivity index (χ2v) is 11.9. The van der Waals surface area contributed by atoms with E-state index in [1.807, 2.05) is 19.1 Å². The quantitative estimate of drug-likeness (QED) is 0.365. The van der Waals surface area contributed by atoms with Crippen LogP contribution in [0.2, 0.25) is 0 Å². The number of carbonyl (C=O) groups is 2. The summed E-state index contributed by atoms with van der Waals surface area (Å²) in [6.45, 7) is 4.87. The highest BCUT2D eigenvalue weighted by Gasteiger charge is 2.38. The van der Waals surface area contributed by atoms with Crippen LogP contribution in [0, 0.1) is 12.7 Å². The van der Waals surface area contributed by atoms with E-state index in [4.69, 9.17) is 0 Å². The Morgan fingerprint density at radius 2 is 1.74 bits per heavy atom. The van der Waals surface area contributed by atoms with Crippen molar-refractivity contribution < 1.29 is 31.7 Å². The minimum atomic E-state index is -4.84. The van der Waals surface area contributed by atoms with Gasteiger partial charge in [0.1, 0.15) is 13.0 Å². The maximum Gasteiger partial charge on any atom is 0.416 e. The molecular weight excluding hydrogens is 483 g/mol. The van der Waals surface area contributed by atoms with Crippen LogP contribution in [0.5, 0.6) is 0 Å². The lowest BCUT2D eigenvalue weighted by molar-refractivity contribution is -0.137. The van der Waals surface area contributed by atoms with Crippen LogP contribution in [0.15, 0.2) is 54.6 Å². The molecule has 4 rings (SSSR count). The summed E-state index contributed by atoms with van der Waals surface area (Å²) >= 11 is 0. The van der Waals surface area contributed by atoms with Crippen molar-refractivity contribution in [2.24, 2.45) is 0 Å². The summed E-state index contributed by atoms with van der Waals surface area (Å²) in [6.07, 6.45) is -4.84. The van der Waals surface area contributed by atoms with E-state index in [1.165, 1.54) is 25.5 Å². The minimum absolute atomic E-state index is 0.145. The predicted octanol–water partition coefficient (Wildman–Crippen LogP) is 5.49. The second-order valence-electron chi connectivity index (χ2n) is 8.72. The minimum Gasteiger partial charge on any atom is -0.341 e. The SMILES string of the molecule is Cc1ccccc1C1NC(=O)c2c(P(C)(C)=O)ccc(NC(=O)c3cc(F)cc(C(F)(F)F)c3)c21. The first-order valence-electron chi connectivity index (χ1n) is 10.6. The zero-order valence-corrected chi connectivity index (χ0v) is 19.9. The number of aryl methyl sites for hydroxylation is 1. The van der Waals surface area contributed by atoms with Gasteiger partial charge in [-0.2, -0.15) is 13.2 Å². The van der Waals surface area contributed by atoms with Crippen LogP contribution in [0.25, 0.3) is 0 Å². The number of benzene rings is 3. The lowest BCUT2D eigenvalue weighted by Crippen LogP contribution is -2.22. The summed E-state index contributed by atoms with van der Waals surface area (Å²) in [5, 5.41) is 5.71. The number of fused-ring (bicyclic) bond motifs is 1. The number of anilines is 1. The molecule has 35 heavy (non-hydrogen) atoms. The summed E-state index contributed by atoms with van der Waals surface area (Å²) in [5.41, 5.74) is 0.411. The highest BCUT2D eigenvalue weighted by atomic mass is 31.2. The van der Waals surface area contributed by atoms with Crippen molar-refractivity contribution in [2.45, 2.75) is 19.1 Å². The van der Waals surface area contributed by atoms with Gasteiger partial charge in [-0.1, -0.05) is 24.3 Å². The Kier molecular flexibility index (Phi) is 6.09. The van der Waals surface area contributed by atoms with Crippen molar-refractivity contribution in [1.82, 2.24) is 5.32 Å². The van der Waals surface area contributed by atoms with Gasteiger partial charge in [-0.25, -0.2) is 4.39 Å². The molecule has 0 aromatic heterocycles. The Morgan fingerprint density at radius 1 is 1.06 bits per heavy atom. The molecule has 0 radical (unpaired) electrons. The monoisotopic (exact) mass is 504 g/mol. The summed E-state index contributed by atoms with van der Waals surface area (Å²) < 4.78 is 66.2. The third-order valence-electron chi connectivity index (χ3n) is 5.83. The van der Waals surface area contributed by atoms with Crippen LogP contribution in [0.1, 0.15) is 49.0 Å².